The van der Waals surface area contributed by atoms with E-state index in [0.717, 1.165) is 0 Å². The molecule has 0 fully saturated rings. The minimum atomic E-state index is -2.49. The first kappa shape index (κ1) is 19.0. The highest BCUT2D eigenvalue weighted by molar-refractivity contribution is 8.00. The van der Waals surface area contributed by atoms with Gasteiger partial charge in [0.05, 0.1) is 0 Å². The van der Waals surface area contributed by atoms with Crippen molar-refractivity contribution in [2.24, 2.45) is 0 Å². The van der Waals surface area contributed by atoms with Crippen molar-refractivity contribution in [2.45, 2.75) is 9.79 Å². The minimum Gasteiger partial charge on any atom is -0.311 e. The van der Waals surface area contributed by atoms with Gasteiger partial charge in [-0.3, -0.25) is 0 Å². The van der Waals surface area contributed by atoms with Gasteiger partial charge in [-0.25, -0.2) is 0 Å². The fourth-order valence-electron chi connectivity index (χ4n) is 5.68. The number of para-hydroxylation sites is 3. The van der Waals surface area contributed by atoms with E-state index in [1.54, 1.807) is 0 Å². The van der Waals surface area contributed by atoms with Crippen molar-refractivity contribution < 1.29 is 0 Å². The lowest BCUT2D eigenvalue weighted by molar-refractivity contribution is 1.28. The van der Waals surface area contributed by atoms with Gasteiger partial charge in [0.1, 0.15) is 0 Å². The molecule has 5 aromatic rings. The van der Waals surface area contributed by atoms with Crippen LogP contribution in [-0.4, -0.2) is 8.07 Å². The first-order chi connectivity index (χ1) is 16.4. The number of rotatable bonds is 1. The number of hydrogen-bond acceptors (Lipinski definition) is 2. The zero-order valence-corrected chi connectivity index (χ0v) is 19.8. The number of benzene rings is 5. The van der Waals surface area contributed by atoms with E-state index in [9.17, 15) is 0 Å². The summed E-state index contributed by atoms with van der Waals surface area (Å²) in [4.78, 5) is 5.23. The second-order valence-electron chi connectivity index (χ2n) is 8.55. The molecule has 2 aliphatic heterocycles. The first-order valence-electron chi connectivity index (χ1n) is 11.3. The van der Waals surface area contributed by atoms with Crippen LogP contribution in [0, 0.1) is 0 Å². The molecule has 3 heteroatoms. The summed E-state index contributed by atoms with van der Waals surface area (Å²) in [7, 11) is -2.49. The molecule has 1 nitrogen and oxygen atoms in total. The fourth-order valence-corrected chi connectivity index (χ4v) is 13.0. The largest absolute Gasteiger partial charge is 0.311 e. The second kappa shape index (κ2) is 7.24. The van der Waals surface area contributed by atoms with Crippen molar-refractivity contribution in [3.05, 3.63) is 127 Å². The Bertz CT molecular complexity index is 1420. The zero-order valence-electron chi connectivity index (χ0n) is 18.0. The Labute approximate surface area is 199 Å². The highest BCUT2D eigenvalue weighted by Gasteiger charge is 2.52. The van der Waals surface area contributed by atoms with Crippen molar-refractivity contribution in [3.63, 3.8) is 0 Å². The van der Waals surface area contributed by atoms with E-state index < -0.39 is 8.07 Å². The van der Waals surface area contributed by atoms with Gasteiger partial charge < -0.3 is 4.90 Å². The Kier molecular flexibility index (Phi) is 4.16. The van der Waals surface area contributed by atoms with Crippen molar-refractivity contribution in [3.8, 4) is 0 Å². The van der Waals surface area contributed by atoms with E-state index in [1.165, 1.54) is 47.6 Å². The van der Waals surface area contributed by atoms with Crippen LogP contribution in [0.3, 0.4) is 0 Å². The van der Waals surface area contributed by atoms with Crippen LogP contribution in [0.1, 0.15) is 0 Å². The molecule has 2 aliphatic rings. The van der Waals surface area contributed by atoms with Crippen LogP contribution in [0.4, 0.5) is 17.1 Å². The smallest absolute Gasteiger partial charge is 0.186 e. The molecule has 0 aromatic heterocycles. The summed E-state index contributed by atoms with van der Waals surface area (Å²) in [5.74, 6) is 0. The zero-order chi connectivity index (χ0) is 21.8. The van der Waals surface area contributed by atoms with Crippen LogP contribution >= 0.6 is 11.8 Å². The maximum absolute atomic E-state index is 2.49. The van der Waals surface area contributed by atoms with Gasteiger partial charge >= 0.3 is 0 Å². The molecule has 0 saturated carbocycles. The third-order valence-electron chi connectivity index (χ3n) is 6.91. The SMILES string of the molecule is c1ccc(N2c3ccccc3[Si]3(c4ccccc4Sc4ccccc43)c3ccccc32)cc1. The Morgan fingerprint density at radius 3 is 1.39 bits per heavy atom. The molecule has 7 rings (SSSR count). The molecule has 2 heterocycles. The van der Waals surface area contributed by atoms with Crippen LogP contribution in [-0.2, 0) is 0 Å². The van der Waals surface area contributed by atoms with Crippen LogP contribution in [0.25, 0.3) is 0 Å². The topological polar surface area (TPSA) is 3.24 Å². The molecule has 0 unspecified atom stereocenters. The van der Waals surface area contributed by atoms with Crippen molar-refractivity contribution in [1.29, 1.82) is 0 Å². The molecule has 156 valence electrons. The molecule has 33 heavy (non-hydrogen) atoms. The quantitative estimate of drug-likeness (QED) is 0.309. The molecule has 0 amide bonds. The first-order valence-corrected chi connectivity index (χ1v) is 14.1. The predicted molar refractivity (Wildman–Crippen MR) is 142 cm³/mol. The summed E-state index contributed by atoms with van der Waals surface area (Å²) >= 11 is 1.92. The van der Waals surface area contributed by atoms with Gasteiger partial charge in [0.15, 0.2) is 8.07 Å². The van der Waals surface area contributed by atoms with Crippen LogP contribution < -0.4 is 25.6 Å². The van der Waals surface area contributed by atoms with Crippen molar-refractivity contribution >= 4 is 57.6 Å². The highest BCUT2D eigenvalue weighted by Crippen LogP contribution is 2.41. The molecule has 0 saturated heterocycles. The molecule has 0 atom stereocenters. The Morgan fingerprint density at radius 1 is 0.424 bits per heavy atom. The van der Waals surface area contributed by atoms with E-state index in [1.807, 2.05) is 11.8 Å². The number of fused-ring (bicyclic) bond motifs is 8. The van der Waals surface area contributed by atoms with E-state index in [4.69, 9.17) is 0 Å². The lowest BCUT2D eigenvalue weighted by Crippen LogP contribution is -2.78. The average molecular weight is 456 g/mol. The van der Waals surface area contributed by atoms with Gasteiger partial charge in [0.25, 0.3) is 0 Å². The monoisotopic (exact) mass is 455 g/mol. The maximum atomic E-state index is 2.45. The number of nitrogens with zero attached hydrogens (tertiary/aromatic N) is 1. The van der Waals surface area contributed by atoms with E-state index in [0.29, 0.717) is 0 Å². The summed E-state index contributed by atoms with van der Waals surface area (Å²) in [6, 6.07) is 47.1. The van der Waals surface area contributed by atoms with Crippen LogP contribution in [0.5, 0.6) is 0 Å². The fraction of sp³-hybridized carbons (Fsp3) is 0. The molecule has 0 N–H and O–H groups in total. The third-order valence-corrected chi connectivity index (χ3v) is 13.4. The Balaban J connectivity index is 1.67. The van der Waals surface area contributed by atoms with Gasteiger partial charge in [-0.15, -0.1) is 0 Å². The Morgan fingerprint density at radius 2 is 0.848 bits per heavy atom. The minimum absolute atomic E-state index is 1.20. The molecule has 0 aliphatic carbocycles. The normalized spacial score (nSPS) is 14.7. The Hall–Kier alpha value is -3.53. The number of anilines is 3. The second-order valence-corrected chi connectivity index (χ2v) is 13.3. The standard InChI is InChI=1S/C30H21NSSi/c1-2-12-22(13-3-1)31-23-14-4-8-18-27(23)33(28-19-9-5-15-24(28)31)29-20-10-6-16-25(29)32-26-17-7-11-21-30(26)33/h1-21H. The van der Waals surface area contributed by atoms with E-state index in [2.05, 4.69) is 132 Å². The van der Waals surface area contributed by atoms with Crippen molar-refractivity contribution in [2.75, 3.05) is 4.90 Å². The molecule has 1 spiro atoms. The predicted octanol–water partition coefficient (Wildman–Crippen LogP) is 5.31. The van der Waals surface area contributed by atoms with E-state index >= 15 is 0 Å². The van der Waals surface area contributed by atoms with Crippen LogP contribution in [0.2, 0.25) is 0 Å². The maximum Gasteiger partial charge on any atom is 0.186 e. The lowest BCUT2D eigenvalue weighted by atomic mass is 10.2. The van der Waals surface area contributed by atoms with Gasteiger partial charge in [0, 0.05) is 26.9 Å². The third kappa shape index (κ3) is 2.55. The van der Waals surface area contributed by atoms with Gasteiger partial charge in [-0.1, -0.05) is 103 Å². The molecule has 0 bridgehead atoms. The summed E-state index contributed by atoms with van der Waals surface area (Å²) in [5, 5.41) is 5.93. The summed E-state index contributed by atoms with van der Waals surface area (Å²) in [6.07, 6.45) is 0. The van der Waals surface area contributed by atoms with Gasteiger partial charge in [-0.2, -0.15) is 0 Å². The molecular weight excluding hydrogens is 434 g/mol. The highest BCUT2D eigenvalue weighted by atomic mass is 32.2. The molecule has 0 radical (unpaired) electrons. The van der Waals surface area contributed by atoms with Gasteiger partial charge in [-0.05, 0) is 57.1 Å². The van der Waals surface area contributed by atoms with E-state index in [-0.39, 0.29) is 0 Å². The number of hydrogen-bond donors (Lipinski definition) is 0. The van der Waals surface area contributed by atoms with Crippen LogP contribution in [0.15, 0.2) is 137 Å². The summed E-state index contributed by atoms with van der Waals surface area (Å²) < 4.78 is 0. The summed E-state index contributed by atoms with van der Waals surface area (Å²) in [6.45, 7) is 0. The lowest BCUT2D eigenvalue weighted by Gasteiger charge is -2.47. The molecule has 5 aromatic carbocycles. The van der Waals surface area contributed by atoms with Crippen molar-refractivity contribution in [1.82, 2.24) is 0 Å². The van der Waals surface area contributed by atoms with Gasteiger partial charge in [0.2, 0.25) is 0 Å². The summed E-state index contributed by atoms with van der Waals surface area (Å²) in [5.41, 5.74) is 3.80. The average Bonchev–Trinajstić information content (AvgIpc) is 2.89. The molecular formula is C30H21NSSi.